The van der Waals surface area contributed by atoms with E-state index in [0.717, 1.165) is 6.08 Å². The summed E-state index contributed by atoms with van der Waals surface area (Å²) in [5.74, 6) is 0.0913. The van der Waals surface area contributed by atoms with E-state index in [4.69, 9.17) is 9.47 Å². The summed E-state index contributed by atoms with van der Waals surface area (Å²) >= 11 is 0. The van der Waals surface area contributed by atoms with Crippen LogP contribution in [-0.2, 0) is 14.3 Å². The van der Waals surface area contributed by atoms with Crippen LogP contribution in [0.2, 0.25) is 0 Å². The molecule has 0 fully saturated rings. The van der Waals surface area contributed by atoms with Crippen molar-refractivity contribution in [3.8, 4) is 0 Å². The first-order valence-electron chi connectivity index (χ1n) is 3.79. The summed E-state index contributed by atoms with van der Waals surface area (Å²) in [7, 11) is 0. The third kappa shape index (κ3) is 5.68. The maximum atomic E-state index is 10.6. The highest BCUT2D eigenvalue weighted by molar-refractivity contribution is 5.82. The molecule has 0 amide bonds. The molecule has 0 saturated carbocycles. The van der Waals surface area contributed by atoms with Gasteiger partial charge in [0.15, 0.2) is 0 Å². The predicted molar refractivity (Wildman–Crippen MR) is 46.5 cm³/mol. The van der Waals surface area contributed by atoms with Gasteiger partial charge in [0.05, 0.1) is 6.61 Å². The van der Waals surface area contributed by atoms with Crippen molar-refractivity contribution in [3.63, 3.8) is 0 Å². The van der Waals surface area contributed by atoms with Gasteiger partial charge in [0.25, 0.3) is 0 Å². The van der Waals surface area contributed by atoms with Gasteiger partial charge in [-0.1, -0.05) is 6.58 Å². The second-order valence-electron chi connectivity index (χ2n) is 2.10. The van der Waals surface area contributed by atoms with Crippen LogP contribution in [0.5, 0.6) is 0 Å². The number of hydrogen-bond donors (Lipinski definition) is 0. The zero-order valence-corrected chi connectivity index (χ0v) is 7.50. The van der Waals surface area contributed by atoms with E-state index in [1.807, 2.05) is 6.92 Å². The average molecular weight is 170 g/mol. The Bertz CT molecular complexity index is 182. The first-order chi connectivity index (χ1) is 5.70. The summed E-state index contributed by atoms with van der Waals surface area (Å²) in [5.41, 5.74) is 0. The van der Waals surface area contributed by atoms with Gasteiger partial charge in [-0.25, -0.2) is 4.79 Å². The quantitative estimate of drug-likeness (QED) is 0.272. The lowest BCUT2D eigenvalue weighted by molar-refractivity contribution is -0.133. The van der Waals surface area contributed by atoms with Crippen LogP contribution in [0.15, 0.2) is 24.5 Å². The van der Waals surface area contributed by atoms with Gasteiger partial charge in [-0.05, 0) is 19.9 Å². The maximum absolute atomic E-state index is 10.6. The Morgan fingerprint density at radius 2 is 2.25 bits per heavy atom. The van der Waals surface area contributed by atoms with Crippen molar-refractivity contribution in [2.24, 2.45) is 0 Å². The molecule has 0 atom stereocenters. The van der Waals surface area contributed by atoms with Crippen molar-refractivity contribution in [2.45, 2.75) is 13.8 Å². The normalized spacial score (nSPS) is 11.0. The molecule has 12 heavy (non-hydrogen) atoms. The fraction of sp³-hybridized carbons (Fsp3) is 0.444. The minimum Gasteiger partial charge on any atom is -0.428 e. The molecule has 0 saturated heterocycles. The Morgan fingerprint density at radius 3 is 2.75 bits per heavy atom. The summed E-state index contributed by atoms with van der Waals surface area (Å²) in [6.07, 6.45) is 2.82. The molecule has 0 aromatic heterocycles. The first-order valence-corrected chi connectivity index (χ1v) is 3.79. The van der Waals surface area contributed by atoms with E-state index in [2.05, 4.69) is 6.58 Å². The summed E-state index contributed by atoms with van der Waals surface area (Å²) in [5, 5.41) is 0. The van der Waals surface area contributed by atoms with Gasteiger partial charge in [-0.3, -0.25) is 0 Å². The second-order valence-corrected chi connectivity index (χ2v) is 2.10. The molecule has 0 bridgehead atoms. The number of carbonyl (C=O) groups excluding carboxylic acids is 1. The van der Waals surface area contributed by atoms with Gasteiger partial charge in [0, 0.05) is 12.7 Å². The van der Waals surface area contributed by atoms with Crippen molar-refractivity contribution in [2.75, 3.05) is 13.2 Å². The molecule has 0 unspecified atom stereocenters. The summed E-state index contributed by atoms with van der Waals surface area (Å²) in [6, 6.07) is 0. The van der Waals surface area contributed by atoms with Crippen LogP contribution >= 0.6 is 0 Å². The van der Waals surface area contributed by atoms with Crippen LogP contribution in [-0.4, -0.2) is 19.2 Å². The van der Waals surface area contributed by atoms with Crippen molar-refractivity contribution in [3.05, 3.63) is 24.5 Å². The van der Waals surface area contributed by atoms with Crippen LogP contribution in [0.1, 0.15) is 13.8 Å². The first kappa shape index (κ1) is 10.9. The Morgan fingerprint density at radius 1 is 1.58 bits per heavy atom. The monoisotopic (exact) mass is 170 g/mol. The largest absolute Gasteiger partial charge is 0.428 e. The predicted octanol–water partition coefficient (Wildman–Crippen LogP) is 1.66. The van der Waals surface area contributed by atoms with Gasteiger partial charge >= 0.3 is 5.97 Å². The number of carbonyl (C=O) groups is 1. The van der Waals surface area contributed by atoms with E-state index in [0.29, 0.717) is 19.0 Å². The molecule has 0 spiro atoms. The molecule has 0 aromatic rings. The summed E-state index contributed by atoms with van der Waals surface area (Å²) < 4.78 is 9.80. The van der Waals surface area contributed by atoms with Crippen molar-refractivity contribution >= 4 is 5.97 Å². The van der Waals surface area contributed by atoms with Crippen LogP contribution < -0.4 is 0 Å². The number of esters is 1. The standard InChI is InChI=1S/C9H14O3/c1-4-9(10)12-8(3)6-7-11-5-2/h4,6H,1,5,7H2,2-3H3/b8-6+. The van der Waals surface area contributed by atoms with Gasteiger partial charge in [-0.15, -0.1) is 0 Å². The highest BCUT2D eigenvalue weighted by Crippen LogP contribution is 1.96. The van der Waals surface area contributed by atoms with E-state index < -0.39 is 5.97 Å². The molecule has 0 heterocycles. The third-order valence-electron chi connectivity index (χ3n) is 1.12. The van der Waals surface area contributed by atoms with Crippen molar-refractivity contribution in [1.29, 1.82) is 0 Å². The van der Waals surface area contributed by atoms with Crippen LogP contribution in [0.3, 0.4) is 0 Å². The molecule has 0 rings (SSSR count). The van der Waals surface area contributed by atoms with Crippen LogP contribution in [0.4, 0.5) is 0 Å². The van der Waals surface area contributed by atoms with Gasteiger partial charge in [0.2, 0.25) is 0 Å². The molecular weight excluding hydrogens is 156 g/mol. The van der Waals surface area contributed by atoms with Crippen molar-refractivity contribution in [1.82, 2.24) is 0 Å². The lowest BCUT2D eigenvalue weighted by Crippen LogP contribution is -1.99. The Kier molecular flexibility index (Phi) is 6.01. The van der Waals surface area contributed by atoms with E-state index in [-0.39, 0.29) is 0 Å². The molecule has 3 heteroatoms. The zero-order valence-electron chi connectivity index (χ0n) is 7.50. The number of rotatable bonds is 5. The Hall–Kier alpha value is -1.09. The van der Waals surface area contributed by atoms with E-state index in [9.17, 15) is 4.79 Å². The highest BCUT2D eigenvalue weighted by Gasteiger charge is 1.95. The van der Waals surface area contributed by atoms with Crippen LogP contribution in [0, 0.1) is 0 Å². The number of hydrogen-bond acceptors (Lipinski definition) is 3. The average Bonchev–Trinajstić information content (AvgIpc) is 2.05. The zero-order chi connectivity index (χ0) is 9.40. The molecule has 0 aliphatic carbocycles. The van der Waals surface area contributed by atoms with E-state index in [1.54, 1.807) is 13.0 Å². The molecule has 0 aliphatic rings. The minimum atomic E-state index is -0.444. The lowest BCUT2D eigenvalue weighted by atomic mass is 10.5. The molecule has 0 N–H and O–H groups in total. The van der Waals surface area contributed by atoms with E-state index >= 15 is 0 Å². The maximum Gasteiger partial charge on any atom is 0.335 e. The Labute approximate surface area is 72.7 Å². The number of allylic oxidation sites excluding steroid dienone is 1. The van der Waals surface area contributed by atoms with Crippen molar-refractivity contribution < 1.29 is 14.3 Å². The fourth-order valence-electron chi connectivity index (χ4n) is 0.536. The smallest absolute Gasteiger partial charge is 0.335 e. The minimum absolute atomic E-state index is 0.444. The number of ether oxygens (including phenoxy) is 2. The molecule has 0 aliphatic heterocycles. The lowest BCUT2D eigenvalue weighted by Gasteiger charge is -2.00. The Balaban J connectivity index is 3.69. The van der Waals surface area contributed by atoms with Gasteiger partial charge in [-0.2, -0.15) is 0 Å². The fourth-order valence-corrected chi connectivity index (χ4v) is 0.536. The van der Waals surface area contributed by atoms with Crippen LogP contribution in [0.25, 0.3) is 0 Å². The highest BCUT2D eigenvalue weighted by atomic mass is 16.5. The topological polar surface area (TPSA) is 35.5 Å². The second kappa shape index (κ2) is 6.61. The summed E-state index contributed by atoms with van der Waals surface area (Å²) in [6.45, 7) is 7.99. The van der Waals surface area contributed by atoms with Gasteiger partial charge < -0.3 is 9.47 Å². The SMILES string of the molecule is C=CC(=O)O/C(C)=C/COCC. The molecular formula is C9H14O3. The summed E-state index contributed by atoms with van der Waals surface area (Å²) in [4.78, 5) is 10.6. The third-order valence-corrected chi connectivity index (χ3v) is 1.12. The molecule has 3 nitrogen and oxygen atoms in total. The molecule has 0 aromatic carbocycles. The molecule has 0 radical (unpaired) electrons. The van der Waals surface area contributed by atoms with Gasteiger partial charge in [0.1, 0.15) is 5.76 Å². The molecule has 68 valence electrons. The van der Waals surface area contributed by atoms with E-state index in [1.165, 1.54) is 0 Å².